The molecule has 1 amide bonds. The molecule has 24 heavy (non-hydrogen) atoms. The van der Waals surface area contributed by atoms with Crippen LogP contribution in [0.5, 0.6) is 0 Å². The molecule has 0 heterocycles. The van der Waals surface area contributed by atoms with Gasteiger partial charge in [-0.15, -0.1) is 0 Å². The van der Waals surface area contributed by atoms with Crippen LogP contribution in [0.1, 0.15) is 12.8 Å². The van der Waals surface area contributed by atoms with Crippen molar-refractivity contribution in [1.82, 2.24) is 0 Å². The van der Waals surface area contributed by atoms with Crippen molar-refractivity contribution in [2.45, 2.75) is 12.8 Å². The number of hydrogen-bond acceptors (Lipinski definition) is 2. The topological polar surface area (TPSA) is 66.4 Å². The van der Waals surface area contributed by atoms with Crippen molar-refractivity contribution >= 4 is 33.5 Å². The van der Waals surface area contributed by atoms with E-state index >= 15 is 0 Å². The lowest BCUT2D eigenvalue weighted by molar-refractivity contribution is -0.146. The van der Waals surface area contributed by atoms with E-state index in [4.69, 9.17) is 0 Å². The zero-order valence-electron chi connectivity index (χ0n) is 12.4. The van der Waals surface area contributed by atoms with E-state index in [0.717, 1.165) is 12.8 Å². The molecule has 0 aliphatic heterocycles. The van der Waals surface area contributed by atoms with Gasteiger partial charge >= 0.3 is 5.97 Å². The molecule has 3 aliphatic rings. The maximum absolute atomic E-state index is 14.0. The van der Waals surface area contributed by atoms with Crippen molar-refractivity contribution in [3.63, 3.8) is 0 Å². The van der Waals surface area contributed by atoms with Gasteiger partial charge in [-0.3, -0.25) is 9.59 Å². The molecule has 0 saturated heterocycles. The molecule has 4 rings (SSSR count). The number of rotatable bonds is 3. The molecular weight excluding hydrogens is 384 g/mol. The quantitative estimate of drug-likeness (QED) is 0.604. The van der Waals surface area contributed by atoms with E-state index in [1.54, 1.807) is 0 Å². The summed E-state index contributed by atoms with van der Waals surface area (Å²) in [7, 11) is 0. The highest BCUT2D eigenvalue weighted by Gasteiger charge is 2.70. The summed E-state index contributed by atoms with van der Waals surface area (Å²) in [6.07, 6.45) is 5.63. The number of carbonyl (C=O) groups excluding carboxylic acids is 1. The number of nitrogens with one attached hydrogen (secondary N) is 1. The molecule has 1 aromatic rings. The minimum atomic E-state index is -1.16. The monoisotopic (exact) mass is 397 g/mol. The average Bonchev–Trinajstić information content (AvgIpc) is 3.21. The number of carbonyl (C=O) groups is 2. The van der Waals surface area contributed by atoms with E-state index in [9.17, 15) is 23.5 Å². The lowest BCUT2D eigenvalue weighted by atomic mass is 9.82. The molecule has 1 spiro atoms. The Morgan fingerprint density at radius 2 is 1.75 bits per heavy atom. The minimum Gasteiger partial charge on any atom is -0.481 e. The summed E-state index contributed by atoms with van der Waals surface area (Å²) in [6, 6.07) is 2.55. The SMILES string of the molecule is O=C(O)[C@H]1[C@H](C(=O)Nc2ccc(Br)c(F)c2F)[C@@H]2C=C[C@H]1C21CC1. The van der Waals surface area contributed by atoms with E-state index in [2.05, 4.69) is 21.2 Å². The Morgan fingerprint density at radius 3 is 2.33 bits per heavy atom. The zero-order chi connectivity index (χ0) is 17.2. The van der Waals surface area contributed by atoms with E-state index in [0.29, 0.717) is 0 Å². The number of halogens is 3. The lowest BCUT2D eigenvalue weighted by Crippen LogP contribution is -2.36. The van der Waals surface area contributed by atoms with Gasteiger partial charge in [0.15, 0.2) is 11.6 Å². The van der Waals surface area contributed by atoms with Gasteiger partial charge in [0, 0.05) is 0 Å². The van der Waals surface area contributed by atoms with E-state index in [-0.39, 0.29) is 27.4 Å². The Kier molecular flexibility index (Phi) is 3.36. The van der Waals surface area contributed by atoms with E-state index in [1.807, 2.05) is 12.2 Å². The molecule has 4 atom stereocenters. The van der Waals surface area contributed by atoms with Crippen LogP contribution in [0.3, 0.4) is 0 Å². The number of allylic oxidation sites excluding steroid dienone is 2. The fourth-order valence-electron chi connectivity index (χ4n) is 4.53. The summed E-state index contributed by atoms with van der Waals surface area (Å²) in [5.74, 6) is -5.70. The van der Waals surface area contributed by atoms with Gasteiger partial charge in [0.2, 0.25) is 5.91 Å². The molecular formula is C17H14BrF2NO3. The minimum absolute atomic E-state index is 0.0406. The Hall–Kier alpha value is -1.76. The average molecular weight is 398 g/mol. The first-order valence-electron chi connectivity index (χ1n) is 7.72. The van der Waals surface area contributed by atoms with Gasteiger partial charge in [-0.05, 0) is 58.2 Å². The number of carboxylic acid groups (broad SMARTS) is 1. The van der Waals surface area contributed by atoms with Crippen molar-refractivity contribution in [3.8, 4) is 0 Å². The largest absolute Gasteiger partial charge is 0.481 e. The highest BCUT2D eigenvalue weighted by atomic mass is 79.9. The van der Waals surface area contributed by atoms with E-state index < -0.39 is 35.3 Å². The molecule has 4 nitrogen and oxygen atoms in total. The van der Waals surface area contributed by atoms with Crippen LogP contribution in [-0.2, 0) is 9.59 Å². The van der Waals surface area contributed by atoms with Gasteiger partial charge in [0.05, 0.1) is 22.0 Å². The molecule has 0 unspecified atom stereocenters. The van der Waals surface area contributed by atoms with Crippen LogP contribution in [0, 0.1) is 40.7 Å². The van der Waals surface area contributed by atoms with Gasteiger partial charge in [0.1, 0.15) is 0 Å². The second kappa shape index (κ2) is 5.12. The van der Waals surface area contributed by atoms with Crippen LogP contribution >= 0.6 is 15.9 Å². The van der Waals surface area contributed by atoms with Crippen molar-refractivity contribution in [3.05, 3.63) is 40.4 Å². The fourth-order valence-corrected chi connectivity index (χ4v) is 4.84. The van der Waals surface area contributed by atoms with E-state index in [1.165, 1.54) is 12.1 Å². The van der Waals surface area contributed by atoms with Crippen LogP contribution in [0.2, 0.25) is 0 Å². The molecule has 126 valence electrons. The van der Waals surface area contributed by atoms with Crippen molar-refractivity contribution in [2.75, 3.05) is 5.32 Å². The van der Waals surface area contributed by atoms with Gasteiger partial charge < -0.3 is 10.4 Å². The first kappa shape index (κ1) is 15.7. The predicted molar refractivity (Wildman–Crippen MR) is 85.1 cm³/mol. The fraction of sp³-hybridized carbons (Fsp3) is 0.412. The second-order valence-corrected chi connectivity index (χ2v) is 7.63. The molecule has 0 aromatic heterocycles. The summed E-state index contributed by atoms with van der Waals surface area (Å²) < 4.78 is 27.6. The number of amides is 1. The standard InChI is InChI=1S/C17H14BrF2NO3/c18-9-3-4-10(14(20)13(9)19)21-15(22)11-7-1-2-8(12(11)16(23)24)17(7)5-6-17/h1-4,7-8,11-12H,5-6H2,(H,21,22)(H,23,24)/t7-,8+,11+,12+/m0/s1. The summed E-state index contributed by atoms with van der Waals surface area (Å²) >= 11 is 2.88. The molecule has 0 radical (unpaired) electrons. The molecule has 1 aromatic carbocycles. The maximum Gasteiger partial charge on any atom is 0.307 e. The van der Waals surface area contributed by atoms with Crippen molar-refractivity contribution in [1.29, 1.82) is 0 Å². The second-order valence-electron chi connectivity index (χ2n) is 6.77. The van der Waals surface area contributed by atoms with Crippen LogP contribution in [0.25, 0.3) is 0 Å². The highest BCUT2D eigenvalue weighted by molar-refractivity contribution is 9.10. The highest BCUT2D eigenvalue weighted by Crippen LogP contribution is 2.72. The molecule has 3 aliphatic carbocycles. The number of anilines is 1. The summed E-state index contributed by atoms with van der Waals surface area (Å²) in [5.41, 5.74) is -0.393. The molecule has 7 heteroatoms. The third-order valence-corrected chi connectivity index (χ3v) is 6.33. The third kappa shape index (κ3) is 2.00. The van der Waals surface area contributed by atoms with Crippen LogP contribution < -0.4 is 5.32 Å². The summed E-state index contributed by atoms with van der Waals surface area (Å²) in [6.45, 7) is 0. The van der Waals surface area contributed by atoms with Crippen LogP contribution in [0.15, 0.2) is 28.8 Å². The lowest BCUT2D eigenvalue weighted by Gasteiger charge is -2.24. The maximum atomic E-state index is 14.0. The van der Waals surface area contributed by atoms with Gasteiger partial charge in [-0.25, -0.2) is 8.78 Å². The Bertz CT molecular complexity index is 790. The number of aliphatic carboxylic acids is 1. The first-order chi connectivity index (χ1) is 11.4. The predicted octanol–water partition coefficient (Wildman–Crippen LogP) is 3.58. The van der Waals surface area contributed by atoms with Crippen molar-refractivity contribution < 1.29 is 23.5 Å². The van der Waals surface area contributed by atoms with Gasteiger partial charge in [-0.2, -0.15) is 0 Å². The van der Waals surface area contributed by atoms with Gasteiger partial charge in [-0.1, -0.05) is 12.2 Å². The van der Waals surface area contributed by atoms with Crippen molar-refractivity contribution in [2.24, 2.45) is 29.1 Å². The Morgan fingerprint density at radius 1 is 1.12 bits per heavy atom. The molecule has 2 N–H and O–H groups in total. The van der Waals surface area contributed by atoms with Crippen LogP contribution in [0.4, 0.5) is 14.5 Å². The molecule has 2 fully saturated rings. The number of hydrogen-bond donors (Lipinski definition) is 2. The smallest absolute Gasteiger partial charge is 0.307 e. The van der Waals surface area contributed by atoms with Crippen LogP contribution in [-0.4, -0.2) is 17.0 Å². The molecule has 2 bridgehead atoms. The summed E-state index contributed by atoms with van der Waals surface area (Å²) in [4.78, 5) is 24.4. The van der Waals surface area contributed by atoms with Gasteiger partial charge in [0.25, 0.3) is 0 Å². The Balaban J connectivity index is 1.64. The Labute approximate surface area is 145 Å². The number of carboxylic acids is 1. The first-order valence-corrected chi connectivity index (χ1v) is 8.51. The molecule has 2 saturated carbocycles. The number of benzene rings is 1. The zero-order valence-corrected chi connectivity index (χ0v) is 14.0. The summed E-state index contributed by atoms with van der Waals surface area (Å²) in [5, 5.41) is 11.9. The third-order valence-electron chi connectivity index (χ3n) is 5.72. The normalized spacial score (nSPS) is 31.5.